The third kappa shape index (κ3) is 6.54. The molecule has 1 heterocycles. The van der Waals surface area contributed by atoms with E-state index >= 15 is 0 Å². The van der Waals surface area contributed by atoms with Gasteiger partial charge in [-0.05, 0) is 18.1 Å². The molecule has 3 rings (SSSR count). The smallest absolute Gasteiger partial charge is 0.305 e. The standard InChI is InChI=1S/C26H25F4N3O6/c1-12(2)23(32-25(37)18-8-13-6-4-5-7-17(13)33(18)3)26(38)31-16(10-20(35)36)19(34)11-39-24-21(29)14(27)9-15(28)22(24)30/h4-9,12,16,23H,10-11H2,1-3H3,(H,31,38)(H,32,37)(H,35,36)/t16?,23-/m0/s1. The number of carbonyl (C=O) groups is 4. The van der Waals surface area contributed by atoms with Crippen molar-refractivity contribution in [3.05, 3.63) is 65.4 Å². The molecule has 9 nitrogen and oxygen atoms in total. The number of aryl methyl sites for hydroxylation is 1. The molecule has 0 bridgehead atoms. The SMILES string of the molecule is CC(C)[C@H](NC(=O)c1cc2ccccc2n1C)C(=O)NC(CC(=O)O)C(=O)COc1c(F)c(F)cc(F)c1F. The Morgan fingerprint density at radius 1 is 0.974 bits per heavy atom. The number of carboxylic acids is 1. The van der Waals surface area contributed by atoms with Gasteiger partial charge >= 0.3 is 5.97 Å². The van der Waals surface area contributed by atoms with Crippen molar-refractivity contribution in [2.45, 2.75) is 32.4 Å². The van der Waals surface area contributed by atoms with Crippen LogP contribution in [0.2, 0.25) is 0 Å². The van der Waals surface area contributed by atoms with Crippen LogP contribution in [0.4, 0.5) is 17.6 Å². The second-order valence-electron chi connectivity index (χ2n) is 9.05. The van der Waals surface area contributed by atoms with E-state index in [0.29, 0.717) is 0 Å². The summed E-state index contributed by atoms with van der Waals surface area (Å²) in [6.45, 7) is 1.99. The molecule has 208 valence electrons. The number of carbonyl (C=O) groups excluding carboxylic acids is 3. The fourth-order valence-electron chi connectivity index (χ4n) is 3.86. The number of halogens is 4. The number of fused-ring (bicyclic) bond motifs is 1. The molecule has 0 aliphatic carbocycles. The first kappa shape index (κ1) is 29.1. The molecule has 1 aromatic heterocycles. The van der Waals surface area contributed by atoms with E-state index in [1.165, 1.54) is 0 Å². The van der Waals surface area contributed by atoms with Gasteiger partial charge in [0.1, 0.15) is 24.4 Å². The van der Waals surface area contributed by atoms with Gasteiger partial charge in [-0.2, -0.15) is 8.78 Å². The molecule has 1 unspecified atom stereocenters. The number of ether oxygens (including phenoxy) is 1. The number of hydrogen-bond donors (Lipinski definition) is 3. The van der Waals surface area contributed by atoms with Crippen LogP contribution in [0, 0.1) is 29.2 Å². The van der Waals surface area contributed by atoms with Crippen molar-refractivity contribution in [3.8, 4) is 5.75 Å². The third-order valence-corrected chi connectivity index (χ3v) is 5.93. The van der Waals surface area contributed by atoms with Crippen molar-refractivity contribution < 1.29 is 46.6 Å². The lowest BCUT2D eigenvalue weighted by molar-refractivity contribution is -0.140. The predicted molar refractivity (Wildman–Crippen MR) is 130 cm³/mol. The number of ketones is 1. The number of nitrogens with zero attached hydrogens (tertiary/aromatic N) is 1. The van der Waals surface area contributed by atoms with E-state index in [1.54, 1.807) is 55.8 Å². The van der Waals surface area contributed by atoms with Gasteiger partial charge in [-0.3, -0.25) is 19.2 Å². The molecule has 0 aliphatic heterocycles. The van der Waals surface area contributed by atoms with Gasteiger partial charge < -0.3 is 25.0 Å². The Balaban J connectivity index is 1.76. The largest absolute Gasteiger partial charge is 0.481 e. The molecule has 0 saturated carbocycles. The van der Waals surface area contributed by atoms with Gasteiger partial charge in [0, 0.05) is 24.0 Å². The van der Waals surface area contributed by atoms with Crippen LogP contribution in [0.5, 0.6) is 5.75 Å². The van der Waals surface area contributed by atoms with Crippen molar-refractivity contribution in [1.29, 1.82) is 0 Å². The van der Waals surface area contributed by atoms with E-state index in [0.717, 1.165) is 10.9 Å². The zero-order chi connectivity index (χ0) is 29.0. The highest BCUT2D eigenvalue weighted by molar-refractivity contribution is 6.01. The highest BCUT2D eigenvalue weighted by atomic mass is 19.2. The predicted octanol–water partition coefficient (Wildman–Crippen LogP) is 3.10. The number of aliphatic carboxylic acids is 1. The van der Waals surface area contributed by atoms with E-state index < -0.39 is 83.6 Å². The van der Waals surface area contributed by atoms with E-state index in [-0.39, 0.29) is 11.8 Å². The second-order valence-corrected chi connectivity index (χ2v) is 9.05. The number of carboxylic acid groups (broad SMARTS) is 1. The number of benzene rings is 2. The molecule has 0 radical (unpaired) electrons. The molecule has 39 heavy (non-hydrogen) atoms. The lowest BCUT2D eigenvalue weighted by Gasteiger charge is -2.24. The van der Waals surface area contributed by atoms with Crippen LogP contribution in [0.25, 0.3) is 10.9 Å². The maximum atomic E-state index is 13.8. The van der Waals surface area contributed by atoms with Gasteiger partial charge in [-0.25, -0.2) is 8.78 Å². The quantitative estimate of drug-likeness (QED) is 0.248. The lowest BCUT2D eigenvalue weighted by atomic mass is 10.0. The summed E-state index contributed by atoms with van der Waals surface area (Å²) in [5.74, 6) is -13.5. The van der Waals surface area contributed by atoms with Gasteiger partial charge in [-0.15, -0.1) is 0 Å². The fourth-order valence-corrected chi connectivity index (χ4v) is 3.86. The van der Waals surface area contributed by atoms with Crippen molar-refractivity contribution in [1.82, 2.24) is 15.2 Å². The first-order valence-corrected chi connectivity index (χ1v) is 11.7. The minimum atomic E-state index is -1.89. The highest BCUT2D eigenvalue weighted by Crippen LogP contribution is 2.26. The Labute approximate surface area is 219 Å². The number of amides is 2. The average molecular weight is 551 g/mol. The van der Waals surface area contributed by atoms with Crippen molar-refractivity contribution in [3.63, 3.8) is 0 Å². The number of aromatic nitrogens is 1. The zero-order valence-corrected chi connectivity index (χ0v) is 21.1. The average Bonchev–Trinajstić information content (AvgIpc) is 3.21. The lowest BCUT2D eigenvalue weighted by Crippen LogP contribution is -2.54. The third-order valence-electron chi connectivity index (χ3n) is 5.93. The fraction of sp³-hybridized carbons (Fsp3) is 0.308. The minimum absolute atomic E-state index is 0.0504. The maximum Gasteiger partial charge on any atom is 0.305 e. The second kappa shape index (κ2) is 12.0. The zero-order valence-electron chi connectivity index (χ0n) is 21.1. The van der Waals surface area contributed by atoms with Gasteiger partial charge in [-0.1, -0.05) is 32.0 Å². The summed E-state index contributed by atoms with van der Waals surface area (Å²) < 4.78 is 60.7. The first-order valence-electron chi connectivity index (χ1n) is 11.7. The molecule has 0 aliphatic rings. The van der Waals surface area contributed by atoms with Gasteiger partial charge in [0.05, 0.1) is 6.42 Å². The molecule has 0 fully saturated rings. The maximum absolute atomic E-state index is 13.8. The van der Waals surface area contributed by atoms with Crippen LogP contribution in [-0.2, 0) is 21.4 Å². The highest BCUT2D eigenvalue weighted by Gasteiger charge is 2.32. The molecule has 2 aromatic carbocycles. The van der Waals surface area contributed by atoms with Crippen LogP contribution in [0.3, 0.4) is 0 Å². The number of para-hydroxylation sites is 1. The summed E-state index contributed by atoms with van der Waals surface area (Å²) in [4.78, 5) is 50.0. The summed E-state index contributed by atoms with van der Waals surface area (Å²) in [6.07, 6.45) is -0.946. The number of hydrogen-bond acceptors (Lipinski definition) is 5. The Kier molecular flexibility index (Phi) is 8.94. The van der Waals surface area contributed by atoms with Crippen LogP contribution in [-0.4, -0.2) is 51.9 Å². The van der Waals surface area contributed by atoms with Crippen molar-refractivity contribution >= 4 is 34.5 Å². The van der Waals surface area contributed by atoms with Crippen LogP contribution in [0.15, 0.2) is 36.4 Å². The molecule has 3 N–H and O–H groups in total. The number of nitrogens with one attached hydrogen (secondary N) is 2. The Bertz CT molecular complexity index is 1410. The molecule has 0 saturated heterocycles. The monoisotopic (exact) mass is 551 g/mol. The Morgan fingerprint density at radius 3 is 2.15 bits per heavy atom. The minimum Gasteiger partial charge on any atom is -0.481 e. The molecule has 13 heteroatoms. The van der Waals surface area contributed by atoms with Crippen molar-refractivity contribution in [2.24, 2.45) is 13.0 Å². The topological polar surface area (TPSA) is 127 Å². The van der Waals surface area contributed by atoms with Gasteiger partial charge in [0.25, 0.3) is 5.91 Å². The van der Waals surface area contributed by atoms with Gasteiger partial charge in [0.2, 0.25) is 17.5 Å². The molecular formula is C26H25F4N3O6. The molecule has 3 aromatic rings. The van der Waals surface area contributed by atoms with Gasteiger partial charge in [0.15, 0.2) is 23.2 Å². The normalized spacial score (nSPS) is 12.7. The van der Waals surface area contributed by atoms with E-state index in [2.05, 4.69) is 15.4 Å². The van der Waals surface area contributed by atoms with E-state index in [4.69, 9.17) is 0 Å². The van der Waals surface area contributed by atoms with Crippen LogP contribution in [0.1, 0.15) is 30.8 Å². The molecule has 2 atom stereocenters. The summed E-state index contributed by atoms with van der Waals surface area (Å²) in [7, 11) is 1.67. The first-order chi connectivity index (χ1) is 18.3. The van der Waals surface area contributed by atoms with Crippen molar-refractivity contribution in [2.75, 3.05) is 6.61 Å². The van der Waals surface area contributed by atoms with Crippen LogP contribution >= 0.6 is 0 Å². The summed E-state index contributed by atoms with van der Waals surface area (Å²) in [5.41, 5.74) is 1.01. The summed E-state index contributed by atoms with van der Waals surface area (Å²) >= 11 is 0. The number of Topliss-reactive ketones (excluding diaryl/α,β-unsaturated/α-hetero) is 1. The Morgan fingerprint density at radius 2 is 1.59 bits per heavy atom. The number of rotatable bonds is 11. The van der Waals surface area contributed by atoms with E-state index in [1.807, 2.05) is 0 Å². The molecule has 2 amide bonds. The van der Waals surface area contributed by atoms with Crippen LogP contribution < -0.4 is 15.4 Å². The Hall–Kier alpha value is -4.42. The summed E-state index contributed by atoms with van der Waals surface area (Å²) in [6, 6.07) is 5.81. The molecular weight excluding hydrogens is 526 g/mol. The molecule has 0 spiro atoms. The summed E-state index contributed by atoms with van der Waals surface area (Å²) in [5, 5.41) is 14.8. The van der Waals surface area contributed by atoms with E-state index in [9.17, 15) is 41.8 Å².